The minimum absolute atomic E-state index is 0.666. The molecule has 0 spiro atoms. The minimum atomic E-state index is 0.666. The van der Waals surface area contributed by atoms with Gasteiger partial charge in [-0.3, -0.25) is 0 Å². The van der Waals surface area contributed by atoms with Crippen LogP contribution in [-0.2, 0) is 11.3 Å². The fourth-order valence-corrected chi connectivity index (χ4v) is 2.96. The fraction of sp³-hybridized carbons (Fsp3) is 0.412. The molecule has 0 bridgehead atoms. The van der Waals surface area contributed by atoms with Crippen LogP contribution in [0, 0.1) is 13.8 Å². The highest BCUT2D eigenvalue weighted by atomic mass is 16.5. The zero-order chi connectivity index (χ0) is 16.5. The van der Waals surface area contributed by atoms with E-state index in [1.807, 2.05) is 11.6 Å². The predicted octanol–water partition coefficient (Wildman–Crippen LogP) is 1.72. The van der Waals surface area contributed by atoms with Gasteiger partial charge >= 0.3 is 0 Å². The van der Waals surface area contributed by atoms with Gasteiger partial charge in [-0.1, -0.05) is 35.0 Å². The molecule has 2 aromatic heterocycles. The number of nitrogens with zero attached hydrogens (tertiary/aromatic N) is 6. The molecule has 124 valence electrons. The van der Waals surface area contributed by atoms with E-state index < -0.39 is 0 Å². The third kappa shape index (κ3) is 2.71. The van der Waals surface area contributed by atoms with Crippen LogP contribution < -0.4 is 4.90 Å². The summed E-state index contributed by atoms with van der Waals surface area (Å²) in [6.45, 7) is 7.70. The molecule has 0 atom stereocenters. The monoisotopic (exact) mass is 324 g/mol. The lowest BCUT2D eigenvalue weighted by Gasteiger charge is -2.27. The van der Waals surface area contributed by atoms with E-state index in [1.165, 1.54) is 11.1 Å². The van der Waals surface area contributed by atoms with Crippen LogP contribution in [0.4, 0.5) is 5.82 Å². The molecule has 0 unspecified atom stereocenters. The normalized spacial score (nSPS) is 15.2. The summed E-state index contributed by atoms with van der Waals surface area (Å²) in [6, 6.07) is 8.47. The maximum atomic E-state index is 5.45. The van der Waals surface area contributed by atoms with Crippen LogP contribution in [0.1, 0.15) is 16.8 Å². The van der Waals surface area contributed by atoms with Crippen molar-refractivity contribution in [1.29, 1.82) is 0 Å². The van der Waals surface area contributed by atoms with Gasteiger partial charge in [0.05, 0.1) is 25.5 Å². The van der Waals surface area contributed by atoms with Gasteiger partial charge in [0.1, 0.15) is 11.0 Å². The second-order valence-corrected chi connectivity index (χ2v) is 6.14. The standard InChI is InChI=1S/C17H20N6O/c1-12-3-5-14(6-4-12)11-23-16-15(19-21-23)13(2)18-20-17(16)22-7-9-24-10-8-22/h3-6H,7-11H2,1-2H3. The van der Waals surface area contributed by atoms with Gasteiger partial charge in [-0.2, -0.15) is 5.10 Å². The van der Waals surface area contributed by atoms with Gasteiger partial charge < -0.3 is 9.64 Å². The van der Waals surface area contributed by atoms with Gasteiger partial charge in [-0.25, -0.2) is 4.68 Å². The summed E-state index contributed by atoms with van der Waals surface area (Å²) in [5.74, 6) is 0.844. The number of morpholine rings is 1. The number of hydrogen-bond acceptors (Lipinski definition) is 6. The summed E-state index contributed by atoms with van der Waals surface area (Å²) < 4.78 is 7.37. The van der Waals surface area contributed by atoms with Crippen molar-refractivity contribution >= 4 is 16.9 Å². The Morgan fingerprint density at radius 2 is 1.75 bits per heavy atom. The second-order valence-electron chi connectivity index (χ2n) is 6.14. The Labute approximate surface area is 140 Å². The Bertz CT molecular complexity index is 851. The Morgan fingerprint density at radius 1 is 1.00 bits per heavy atom. The van der Waals surface area contributed by atoms with Crippen molar-refractivity contribution in [1.82, 2.24) is 25.2 Å². The predicted molar refractivity (Wildman–Crippen MR) is 91.2 cm³/mol. The smallest absolute Gasteiger partial charge is 0.179 e. The quantitative estimate of drug-likeness (QED) is 0.731. The topological polar surface area (TPSA) is 69.0 Å². The van der Waals surface area contributed by atoms with E-state index in [0.29, 0.717) is 19.8 Å². The number of aryl methyl sites for hydroxylation is 2. The number of aromatic nitrogens is 5. The first kappa shape index (κ1) is 15.0. The van der Waals surface area contributed by atoms with Crippen molar-refractivity contribution in [2.24, 2.45) is 0 Å². The van der Waals surface area contributed by atoms with Gasteiger partial charge in [-0.15, -0.1) is 10.2 Å². The highest BCUT2D eigenvalue weighted by Crippen LogP contribution is 2.25. The molecule has 24 heavy (non-hydrogen) atoms. The van der Waals surface area contributed by atoms with Crippen molar-refractivity contribution in [3.63, 3.8) is 0 Å². The number of hydrogen-bond donors (Lipinski definition) is 0. The molecule has 0 aliphatic carbocycles. The molecule has 3 aromatic rings. The van der Waals surface area contributed by atoms with E-state index in [-0.39, 0.29) is 0 Å². The molecule has 4 rings (SSSR count). The van der Waals surface area contributed by atoms with Gasteiger partial charge in [0.15, 0.2) is 5.82 Å². The first-order valence-corrected chi connectivity index (χ1v) is 8.17. The summed E-state index contributed by atoms with van der Waals surface area (Å²) in [5, 5.41) is 17.4. The first-order chi connectivity index (χ1) is 11.7. The molecule has 1 saturated heterocycles. The highest BCUT2D eigenvalue weighted by Gasteiger charge is 2.21. The molecular formula is C17H20N6O. The lowest BCUT2D eigenvalue weighted by Crippen LogP contribution is -2.37. The SMILES string of the molecule is Cc1ccc(Cn2nnc3c(C)nnc(N4CCOCC4)c32)cc1. The number of rotatable bonds is 3. The fourth-order valence-electron chi connectivity index (χ4n) is 2.96. The number of benzene rings is 1. The van der Waals surface area contributed by atoms with E-state index in [4.69, 9.17) is 4.74 Å². The zero-order valence-electron chi connectivity index (χ0n) is 13.9. The number of fused-ring (bicyclic) bond motifs is 1. The third-order valence-electron chi connectivity index (χ3n) is 4.35. The summed E-state index contributed by atoms with van der Waals surface area (Å²) in [5.41, 5.74) is 5.01. The van der Waals surface area contributed by atoms with Crippen LogP contribution in [0.15, 0.2) is 24.3 Å². The first-order valence-electron chi connectivity index (χ1n) is 8.17. The minimum Gasteiger partial charge on any atom is -0.378 e. The molecule has 1 aliphatic heterocycles. The Balaban J connectivity index is 1.77. The molecular weight excluding hydrogens is 304 g/mol. The molecule has 7 nitrogen and oxygen atoms in total. The average molecular weight is 324 g/mol. The second kappa shape index (κ2) is 6.16. The van der Waals surface area contributed by atoms with Crippen LogP contribution in [0.2, 0.25) is 0 Å². The van der Waals surface area contributed by atoms with Crippen molar-refractivity contribution in [2.45, 2.75) is 20.4 Å². The van der Waals surface area contributed by atoms with Crippen molar-refractivity contribution in [3.05, 3.63) is 41.1 Å². The van der Waals surface area contributed by atoms with E-state index in [2.05, 4.69) is 56.6 Å². The third-order valence-corrected chi connectivity index (χ3v) is 4.35. The molecule has 0 amide bonds. The Morgan fingerprint density at radius 3 is 2.50 bits per heavy atom. The summed E-state index contributed by atoms with van der Waals surface area (Å²) in [4.78, 5) is 2.20. The van der Waals surface area contributed by atoms with Crippen LogP contribution in [-0.4, -0.2) is 51.5 Å². The largest absolute Gasteiger partial charge is 0.378 e. The van der Waals surface area contributed by atoms with E-state index >= 15 is 0 Å². The van der Waals surface area contributed by atoms with Gasteiger partial charge in [0, 0.05) is 13.1 Å². The van der Waals surface area contributed by atoms with Crippen LogP contribution in [0.5, 0.6) is 0 Å². The summed E-state index contributed by atoms with van der Waals surface area (Å²) >= 11 is 0. The van der Waals surface area contributed by atoms with E-state index in [1.54, 1.807) is 0 Å². The number of anilines is 1. The molecule has 0 N–H and O–H groups in total. The van der Waals surface area contributed by atoms with Gasteiger partial charge in [0.25, 0.3) is 0 Å². The molecule has 1 aromatic carbocycles. The lowest BCUT2D eigenvalue weighted by molar-refractivity contribution is 0.122. The van der Waals surface area contributed by atoms with Gasteiger partial charge in [0.2, 0.25) is 0 Å². The van der Waals surface area contributed by atoms with E-state index in [9.17, 15) is 0 Å². The maximum absolute atomic E-state index is 5.45. The molecule has 1 fully saturated rings. The van der Waals surface area contributed by atoms with Crippen molar-refractivity contribution in [3.8, 4) is 0 Å². The average Bonchev–Trinajstić information content (AvgIpc) is 3.03. The van der Waals surface area contributed by atoms with Crippen LogP contribution in [0.25, 0.3) is 11.0 Å². The summed E-state index contributed by atoms with van der Waals surface area (Å²) in [6.07, 6.45) is 0. The molecule has 0 saturated carbocycles. The molecule has 0 radical (unpaired) electrons. The molecule has 3 heterocycles. The molecule has 1 aliphatic rings. The van der Waals surface area contributed by atoms with E-state index in [0.717, 1.165) is 35.6 Å². The van der Waals surface area contributed by atoms with Crippen LogP contribution >= 0.6 is 0 Å². The Hall–Kier alpha value is -2.54. The highest BCUT2D eigenvalue weighted by molar-refractivity contribution is 5.87. The number of ether oxygens (including phenoxy) is 1. The zero-order valence-corrected chi connectivity index (χ0v) is 13.9. The Kier molecular flexibility index (Phi) is 3.86. The van der Waals surface area contributed by atoms with Crippen LogP contribution in [0.3, 0.4) is 0 Å². The van der Waals surface area contributed by atoms with Crippen molar-refractivity contribution < 1.29 is 4.74 Å². The summed E-state index contributed by atoms with van der Waals surface area (Å²) in [7, 11) is 0. The van der Waals surface area contributed by atoms with Gasteiger partial charge in [-0.05, 0) is 19.4 Å². The van der Waals surface area contributed by atoms with Crippen molar-refractivity contribution in [2.75, 3.05) is 31.2 Å². The lowest BCUT2D eigenvalue weighted by atomic mass is 10.1. The maximum Gasteiger partial charge on any atom is 0.179 e. The molecule has 7 heteroatoms.